The number of ether oxygens (including phenoxy) is 1. The molecule has 0 amide bonds. The van der Waals surface area contributed by atoms with Gasteiger partial charge in [0, 0.05) is 21.7 Å². The van der Waals surface area contributed by atoms with Crippen molar-refractivity contribution in [2.75, 3.05) is 0 Å². The van der Waals surface area contributed by atoms with Gasteiger partial charge in [-0.25, -0.2) is 0 Å². The first-order valence-electron chi connectivity index (χ1n) is 14.0. The second-order valence-corrected chi connectivity index (χ2v) is 10.4. The summed E-state index contributed by atoms with van der Waals surface area (Å²) < 4.78 is 22.0. The van der Waals surface area contributed by atoms with E-state index in [1.807, 2.05) is 42.5 Å². The Morgan fingerprint density at radius 2 is 1.18 bits per heavy atom. The third-order valence-electron chi connectivity index (χ3n) is 8.13. The Morgan fingerprint density at radius 1 is 0.450 bits per heavy atom. The van der Waals surface area contributed by atoms with Gasteiger partial charge in [0.15, 0.2) is 0 Å². The van der Waals surface area contributed by atoms with Crippen LogP contribution in [-0.4, -0.2) is 0 Å². The summed E-state index contributed by atoms with van der Waals surface area (Å²) in [6.45, 7) is 0. The number of fused-ring (bicyclic) bond motifs is 7. The van der Waals surface area contributed by atoms with E-state index in [0.717, 1.165) is 88.4 Å². The third-order valence-corrected chi connectivity index (χ3v) is 8.13. The van der Waals surface area contributed by atoms with E-state index in [4.69, 9.17) is 9.15 Å². The molecule has 0 fully saturated rings. The van der Waals surface area contributed by atoms with Crippen molar-refractivity contribution in [3.63, 3.8) is 0 Å². The van der Waals surface area contributed by atoms with Crippen LogP contribution in [0.2, 0.25) is 0 Å². The highest BCUT2D eigenvalue weighted by molar-refractivity contribution is 6.18. The van der Waals surface area contributed by atoms with E-state index in [-0.39, 0.29) is 0 Å². The van der Waals surface area contributed by atoms with Gasteiger partial charge in [0.2, 0.25) is 0 Å². The molecule has 0 bridgehead atoms. The maximum absolute atomic E-state index is 9.36. The number of furan rings is 1. The fourth-order valence-corrected chi connectivity index (χ4v) is 6.20. The first kappa shape index (κ1) is 20.6. The van der Waals surface area contributed by atoms with Gasteiger partial charge in [0.05, 0.1) is 1.37 Å². The van der Waals surface area contributed by atoms with Crippen LogP contribution in [-0.2, 0) is 0 Å². The zero-order chi connectivity index (χ0) is 27.1. The van der Waals surface area contributed by atoms with Crippen molar-refractivity contribution in [3.05, 3.63) is 133 Å². The van der Waals surface area contributed by atoms with Gasteiger partial charge in [-0.15, -0.1) is 0 Å². The zero-order valence-corrected chi connectivity index (χ0v) is 21.4. The number of para-hydroxylation sites is 1. The Hall–Kier alpha value is -5.34. The second kappa shape index (κ2) is 8.08. The summed E-state index contributed by atoms with van der Waals surface area (Å²) in [5, 5.41) is 6.33. The fraction of sp³-hybridized carbons (Fsp3) is 0. The van der Waals surface area contributed by atoms with Gasteiger partial charge >= 0.3 is 0 Å². The van der Waals surface area contributed by atoms with E-state index in [2.05, 4.69) is 84.9 Å². The number of rotatable bonds is 2. The standard InChI is InChI=1S/C38H22O2/c1-2-7-23(8-3-1)24-13-14-27-21-33-29-17-15-26(22-37(29)40-36-12-6-10-30(38(33)36)31(27)19-24)25-16-18-35-32(20-25)28-9-4-5-11-34(28)39-35/h1-22H/i21D. The number of benzene rings is 7. The van der Waals surface area contributed by atoms with Crippen molar-refractivity contribution in [1.82, 2.24) is 0 Å². The molecule has 2 nitrogen and oxygen atoms in total. The maximum atomic E-state index is 9.36. The minimum Gasteiger partial charge on any atom is -0.456 e. The van der Waals surface area contributed by atoms with Crippen LogP contribution in [0.15, 0.2) is 138 Å². The van der Waals surface area contributed by atoms with Crippen LogP contribution in [0.5, 0.6) is 11.5 Å². The third kappa shape index (κ3) is 3.11. The number of hydrogen-bond donors (Lipinski definition) is 0. The normalized spacial score (nSPS) is 12.6. The monoisotopic (exact) mass is 511 g/mol. The lowest BCUT2D eigenvalue weighted by Crippen LogP contribution is -1.98. The van der Waals surface area contributed by atoms with E-state index in [1.54, 1.807) is 0 Å². The largest absolute Gasteiger partial charge is 0.456 e. The highest BCUT2D eigenvalue weighted by atomic mass is 16.5. The molecule has 0 aliphatic carbocycles. The summed E-state index contributed by atoms with van der Waals surface area (Å²) >= 11 is 0. The van der Waals surface area contributed by atoms with Crippen LogP contribution < -0.4 is 4.74 Å². The molecule has 40 heavy (non-hydrogen) atoms. The van der Waals surface area contributed by atoms with Gasteiger partial charge in [0.25, 0.3) is 0 Å². The van der Waals surface area contributed by atoms with Gasteiger partial charge in [-0.1, -0.05) is 84.9 Å². The van der Waals surface area contributed by atoms with E-state index in [0.29, 0.717) is 6.04 Å². The van der Waals surface area contributed by atoms with E-state index < -0.39 is 0 Å². The van der Waals surface area contributed by atoms with E-state index >= 15 is 0 Å². The lowest BCUT2D eigenvalue weighted by atomic mass is 9.88. The van der Waals surface area contributed by atoms with Gasteiger partial charge in [-0.3, -0.25) is 0 Å². The number of hydrogen-bond acceptors (Lipinski definition) is 2. The Bertz CT molecular complexity index is 2350. The van der Waals surface area contributed by atoms with Gasteiger partial charge in [0.1, 0.15) is 22.7 Å². The molecule has 2 heteroatoms. The summed E-state index contributed by atoms with van der Waals surface area (Å²) in [5.41, 5.74) is 8.12. The molecule has 186 valence electrons. The van der Waals surface area contributed by atoms with Crippen molar-refractivity contribution in [1.29, 1.82) is 0 Å². The van der Waals surface area contributed by atoms with Crippen LogP contribution in [0.25, 0.3) is 76.9 Å². The molecule has 0 spiro atoms. The summed E-state index contributed by atoms with van der Waals surface area (Å²) in [4.78, 5) is 0. The van der Waals surface area contributed by atoms with E-state index in [1.165, 1.54) is 0 Å². The van der Waals surface area contributed by atoms with Crippen molar-refractivity contribution in [3.8, 4) is 44.9 Å². The van der Waals surface area contributed by atoms with Crippen LogP contribution in [0, 0.1) is 0 Å². The lowest BCUT2D eigenvalue weighted by molar-refractivity contribution is 0.487. The average molecular weight is 512 g/mol. The molecule has 1 aromatic heterocycles. The molecule has 8 aromatic rings. The summed E-state index contributed by atoms with van der Waals surface area (Å²) in [5.74, 6) is 1.56. The van der Waals surface area contributed by atoms with Gasteiger partial charge in [-0.2, -0.15) is 0 Å². The second-order valence-electron chi connectivity index (χ2n) is 10.4. The van der Waals surface area contributed by atoms with Crippen molar-refractivity contribution >= 4 is 43.5 Å². The first-order chi connectivity index (χ1) is 20.2. The molecule has 0 unspecified atom stereocenters. The van der Waals surface area contributed by atoms with Gasteiger partial charge in [-0.05, 0) is 92.5 Å². The SMILES string of the molecule is [2H]c1c2c3c(cccc3c3cc(-c4ccccc4)ccc13)Oc1cc(-c3ccc4oc5ccccc5c4c3)ccc1-2. The highest BCUT2D eigenvalue weighted by Gasteiger charge is 2.22. The maximum Gasteiger partial charge on any atom is 0.135 e. The molecule has 2 heterocycles. The molecule has 1 aliphatic rings. The Balaban J connectivity index is 1.23. The predicted molar refractivity (Wildman–Crippen MR) is 165 cm³/mol. The lowest BCUT2D eigenvalue weighted by Gasteiger charge is -2.23. The van der Waals surface area contributed by atoms with Crippen molar-refractivity contribution in [2.45, 2.75) is 0 Å². The first-order valence-corrected chi connectivity index (χ1v) is 13.5. The highest BCUT2D eigenvalue weighted by Crippen LogP contribution is 2.50. The summed E-state index contributed by atoms with van der Waals surface area (Å²) in [6.07, 6.45) is 0. The summed E-state index contributed by atoms with van der Waals surface area (Å²) in [7, 11) is 0. The predicted octanol–water partition coefficient (Wildman–Crippen LogP) is 11.0. The van der Waals surface area contributed by atoms with Crippen molar-refractivity contribution < 1.29 is 10.5 Å². The minimum atomic E-state index is 0.531. The minimum absolute atomic E-state index is 0.531. The molecule has 9 rings (SSSR count). The van der Waals surface area contributed by atoms with Crippen LogP contribution in [0.1, 0.15) is 1.37 Å². The molecule has 7 aromatic carbocycles. The molecule has 0 radical (unpaired) electrons. The molecule has 0 atom stereocenters. The molecular weight excluding hydrogens is 488 g/mol. The average Bonchev–Trinajstić information content (AvgIpc) is 3.40. The molecule has 0 saturated carbocycles. The van der Waals surface area contributed by atoms with E-state index in [9.17, 15) is 1.37 Å². The Labute approximate surface area is 232 Å². The quantitative estimate of drug-likeness (QED) is 0.215. The smallest absolute Gasteiger partial charge is 0.135 e. The van der Waals surface area contributed by atoms with Gasteiger partial charge < -0.3 is 9.15 Å². The molecule has 1 aliphatic heterocycles. The topological polar surface area (TPSA) is 22.4 Å². The zero-order valence-electron chi connectivity index (χ0n) is 22.4. The summed E-state index contributed by atoms with van der Waals surface area (Å²) in [6, 6.07) is 44.4. The van der Waals surface area contributed by atoms with Crippen LogP contribution in [0.4, 0.5) is 0 Å². The Morgan fingerprint density at radius 3 is 2.12 bits per heavy atom. The fourth-order valence-electron chi connectivity index (χ4n) is 6.20. The molecular formula is C38H22O2. The van der Waals surface area contributed by atoms with Crippen LogP contribution >= 0.6 is 0 Å². The van der Waals surface area contributed by atoms with Crippen molar-refractivity contribution in [2.24, 2.45) is 0 Å². The van der Waals surface area contributed by atoms with Crippen LogP contribution in [0.3, 0.4) is 0 Å². The Kier molecular flexibility index (Phi) is 4.16. The molecule has 0 saturated heterocycles. The molecule has 0 N–H and O–H groups in total.